The van der Waals surface area contributed by atoms with E-state index in [1.165, 1.54) is 37.7 Å². The van der Waals surface area contributed by atoms with E-state index in [1.807, 2.05) is 6.08 Å². The van der Waals surface area contributed by atoms with Gasteiger partial charge in [-0.15, -0.1) is 0 Å². The first-order chi connectivity index (χ1) is 6.21. The SMILES string of the molecule is CC12CCCCC1=CC(=O)CCC2. The van der Waals surface area contributed by atoms with Gasteiger partial charge in [-0.05, 0) is 43.6 Å². The molecule has 0 aromatic carbocycles. The Kier molecular flexibility index (Phi) is 2.27. The lowest BCUT2D eigenvalue weighted by Gasteiger charge is -2.35. The molecule has 0 aromatic heterocycles. The van der Waals surface area contributed by atoms with Crippen LogP contribution in [-0.4, -0.2) is 5.78 Å². The highest BCUT2D eigenvalue weighted by atomic mass is 16.1. The Morgan fingerprint density at radius 3 is 2.77 bits per heavy atom. The van der Waals surface area contributed by atoms with Gasteiger partial charge in [0.25, 0.3) is 0 Å². The third-order valence-corrected chi connectivity index (χ3v) is 3.69. The monoisotopic (exact) mass is 178 g/mol. The first kappa shape index (κ1) is 8.98. The maximum Gasteiger partial charge on any atom is 0.155 e. The number of hydrogen-bond donors (Lipinski definition) is 0. The van der Waals surface area contributed by atoms with E-state index < -0.39 is 0 Å². The molecule has 0 aliphatic heterocycles. The van der Waals surface area contributed by atoms with Gasteiger partial charge in [0.15, 0.2) is 5.78 Å². The molecule has 1 nitrogen and oxygen atoms in total. The van der Waals surface area contributed by atoms with E-state index >= 15 is 0 Å². The van der Waals surface area contributed by atoms with Crippen molar-refractivity contribution in [1.29, 1.82) is 0 Å². The number of rotatable bonds is 0. The van der Waals surface area contributed by atoms with Crippen molar-refractivity contribution in [2.45, 2.75) is 51.9 Å². The van der Waals surface area contributed by atoms with Crippen molar-refractivity contribution < 1.29 is 4.79 Å². The van der Waals surface area contributed by atoms with Crippen molar-refractivity contribution in [3.63, 3.8) is 0 Å². The standard InChI is InChI=1S/C12H18O/c1-12-7-3-2-5-10(12)9-11(13)6-4-8-12/h9H,2-8H2,1H3. The molecule has 1 atom stereocenters. The van der Waals surface area contributed by atoms with E-state index in [1.54, 1.807) is 0 Å². The smallest absolute Gasteiger partial charge is 0.155 e. The molecule has 0 heterocycles. The Morgan fingerprint density at radius 1 is 1.15 bits per heavy atom. The van der Waals surface area contributed by atoms with Crippen LogP contribution in [0.3, 0.4) is 0 Å². The zero-order chi connectivity index (χ0) is 9.31. The average Bonchev–Trinajstić information content (AvgIpc) is 2.23. The highest BCUT2D eigenvalue weighted by Gasteiger charge is 2.32. The highest BCUT2D eigenvalue weighted by Crippen LogP contribution is 2.45. The van der Waals surface area contributed by atoms with Crippen LogP contribution in [0.1, 0.15) is 51.9 Å². The number of ketones is 1. The van der Waals surface area contributed by atoms with E-state index in [0.29, 0.717) is 11.2 Å². The zero-order valence-electron chi connectivity index (χ0n) is 8.44. The lowest BCUT2D eigenvalue weighted by Crippen LogP contribution is -2.22. The molecule has 1 fully saturated rings. The topological polar surface area (TPSA) is 17.1 Å². The lowest BCUT2D eigenvalue weighted by atomic mass is 9.70. The van der Waals surface area contributed by atoms with Crippen LogP contribution in [0.2, 0.25) is 0 Å². The van der Waals surface area contributed by atoms with Crippen LogP contribution in [0.5, 0.6) is 0 Å². The number of carbonyl (C=O) groups excluding carboxylic acids is 1. The molecule has 1 saturated carbocycles. The third kappa shape index (κ3) is 1.70. The van der Waals surface area contributed by atoms with Gasteiger partial charge in [0, 0.05) is 6.42 Å². The van der Waals surface area contributed by atoms with E-state index in [2.05, 4.69) is 6.92 Å². The van der Waals surface area contributed by atoms with E-state index in [0.717, 1.165) is 12.8 Å². The summed E-state index contributed by atoms with van der Waals surface area (Å²) in [5, 5.41) is 0. The predicted molar refractivity (Wildman–Crippen MR) is 53.5 cm³/mol. The highest BCUT2D eigenvalue weighted by molar-refractivity contribution is 5.90. The van der Waals surface area contributed by atoms with Crippen LogP contribution < -0.4 is 0 Å². The summed E-state index contributed by atoms with van der Waals surface area (Å²) >= 11 is 0. The maximum atomic E-state index is 11.4. The minimum Gasteiger partial charge on any atom is -0.295 e. The van der Waals surface area contributed by atoms with Crippen LogP contribution in [0.15, 0.2) is 11.6 Å². The molecule has 1 unspecified atom stereocenters. The van der Waals surface area contributed by atoms with Crippen molar-refractivity contribution in [3.05, 3.63) is 11.6 Å². The third-order valence-electron chi connectivity index (χ3n) is 3.69. The molecule has 1 heteroatoms. The predicted octanol–water partition coefficient (Wildman–Crippen LogP) is 3.25. The van der Waals surface area contributed by atoms with Crippen LogP contribution >= 0.6 is 0 Å². The van der Waals surface area contributed by atoms with Crippen LogP contribution in [0.25, 0.3) is 0 Å². The van der Waals surface area contributed by atoms with Gasteiger partial charge < -0.3 is 0 Å². The number of carbonyl (C=O) groups is 1. The lowest BCUT2D eigenvalue weighted by molar-refractivity contribution is -0.114. The average molecular weight is 178 g/mol. The second-order valence-electron chi connectivity index (χ2n) is 4.76. The number of allylic oxidation sites excluding steroid dienone is 2. The summed E-state index contributed by atoms with van der Waals surface area (Å²) in [5.41, 5.74) is 1.82. The summed E-state index contributed by atoms with van der Waals surface area (Å²) in [6.07, 6.45) is 10.1. The van der Waals surface area contributed by atoms with Gasteiger partial charge in [0.05, 0.1) is 0 Å². The molecule has 0 N–H and O–H groups in total. The normalized spacial score (nSPS) is 34.8. The molecule has 2 aliphatic carbocycles. The zero-order valence-corrected chi connectivity index (χ0v) is 8.44. The van der Waals surface area contributed by atoms with Crippen molar-refractivity contribution in [1.82, 2.24) is 0 Å². The molecule has 0 bridgehead atoms. The Balaban J connectivity index is 2.28. The fraction of sp³-hybridized carbons (Fsp3) is 0.750. The van der Waals surface area contributed by atoms with Crippen molar-refractivity contribution in [2.24, 2.45) is 5.41 Å². The van der Waals surface area contributed by atoms with Gasteiger partial charge in [-0.1, -0.05) is 18.9 Å². The maximum absolute atomic E-state index is 11.4. The fourth-order valence-electron chi connectivity index (χ4n) is 2.74. The van der Waals surface area contributed by atoms with Gasteiger partial charge in [0.2, 0.25) is 0 Å². The molecule has 0 spiro atoms. The quantitative estimate of drug-likeness (QED) is 0.556. The van der Waals surface area contributed by atoms with Crippen molar-refractivity contribution in [2.75, 3.05) is 0 Å². The Bertz CT molecular complexity index is 252. The first-order valence-electron chi connectivity index (χ1n) is 5.45. The molecule has 13 heavy (non-hydrogen) atoms. The largest absolute Gasteiger partial charge is 0.295 e. The molecule has 2 aliphatic rings. The summed E-state index contributed by atoms with van der Waals surface area (Å²) in [7, 11) is 0. The Hall–Kier alpha value is -0.590. The summed E-state index contributed by atoms with van der Waals surface area (Å²) in [6.45, 7) is 2.34. The van der Waals surface area contributed by atoms with Crippen LogP contribution in [0.4, 0.5) is 0 Å². The summed E-state index contributed by atoms with van der Waals surface area (Å²) in [4.78, 5) is 11.4. The van der Waals surface area contributed by atoms with Gasteiger partial charge in [-0.2, -0.15) is 0 Å². The molecule has 0 amide bonds. The summed E-state index contributed by atoms with van der Waals surface area (Å²) in [6, 6.07) is 0. The molecule has 72 valence electrons. The van der Waals surface area contributed by atoms with E-state index in [-0.39, 0.29) is 0 Å². The van der Waals surface area contributed by atoms with Crippen LogP contribution in [-0.2, 0) is 4.79 Å². The second-order valence-corrected chi connectivity index (χ2v) is 4.76. The number of hydrogen-bond acceptors (Lipinski definition) is 1. The molecule has 2 rings (SSSR count). The Labute approximate surface area is 80.2 Å². The number of fused-ring (bicyclic) bond motifs is 1. The summed E-state index contributed by atoms with van der Waals surface area (Å²) in [5.74, 6) is 0.362. The minimum atomic E-state index is 0.362. The van der Waals surface area contributed by atoms with Crippen molar-refractivity contribution >= 4 is 5.78 Å². The molecule has 0 radical (unpaired) electrons. The minimum absolute atomic E-state index is 0.362. The molecular weight excluding hydrogens is 160 g/mol. The van der Waals surface area contributed by atoms with Crippen molar-refractivity contribution in [3.8, 4) is 0 Å². The first-order valence-corrected chi connectivity index (χ1v) is 5.45. The van der Waals surface area contributed by atoms with Crippen LogP contribution in [0, 0.1) is 5.41 Å². The van der Waals surface area contributed by atoms with Gasteiger partial charge in [-0.25, -0.2) is 0 Å². The molecule has 0 saturated heterocycles. The van der Waals surface area contributed by atoms with Gasteiger partial charge in [0.1, 0.15) is 0 Å². The van der Waals surface area contributed by atoms with Gasteiger partial charge in [-0.3, -0.25) is 4.79 Å². The summed E-state index contributed by atoms with van der Waals surface area (Å²) < 4.78 is 0. The fourth-order valence-corrected chi connectivity index (χ4v) is 2.74. The van der Waals surface area contributed by atoms with Gasteiger partial charge >= 0.3 is 0 Å². The van der Waals surface area contributed by atoms with E-state index in [4.69, 9.17) is 0 Å². The Morgan fingerprint density at radius 2 is 1.92 bits per heavy atom. The molecule has 0 aromatic rings. The second kappa shape index (κ2) is 3.28. The van der Waals surface area contributed by atoms with E-state index in [9.17, 15) is 4.79 Å². The molecular formula is C12H18O.